The summed E-state index contributed by atoms with van der Waals surface area (Å²) in [6.07, 6.45) is 0. The molecule has 6 nitrogen and oxygen atoms in total. The van der Waals surface area contributed by atoms with Crippen LogP contribution in [0.3, 0.4) is 0 Å². The Morgan fingerprint density at radius 3 is 2.19 bits per heavy atom. The minimum absolute atomic E-state index is 0.00618. The van der Waals surface area contributed by atoms with Crippen molar-refractivity contribution in [1.82, 2.24) is 14.5 Å². The summed E-state index contributed by atoms with van der Waals surface area (Å²) in [7, 11) is 1.49. The second-order valence-corrected chi connectivity index (χ2v) is 8.89. The Morgan fingerprint density at radius 1 is 1.04 bits per heavy atom. The Hall–Kier alpha value is -1.93. The molecule has 1 N–H and O–H groups in total. The molecule has 0 saturated carbocycles. The number of halogens is 1. The zero-order chi connectivity index (χ0) is 20.0. The molecule has 1 atom stereocenters. The Balaban J connectivity index is 1.99. The number of carbonyl (C=O) groups is 1. The van der Waals surface area contributed by atoms with E-state index in [-0.39, 0.29) is 23.4 Å². The molecule has 0 spiro atoms. The molecule has 146 valence electrons. The lowest BCUT2D eigenvalue weighted by Crippen LogP contribution is -2.41. The van der Waals surface area contributed by atoms with Gasteiger partial charge in [0.05, 0.1) is 17.5 Å². The van der Waals surface area contributed by atoms with E-state index < -0.39 is 10.0 Å². The highest BCUT2D eigenvalue weighted by atomic mass is 35.5. The summed E-state index contributed by atoms with van der Waals surface area (Å²) in [5.74, 6) is -0.363. The largest absolute Gasteiger partial charge is 0.353 e. The van der Waals surface area contributed by atoms with Gasteiger partial charge in [0.1, 0.15) is 0 Å². The van der Waals surface area contributed by atoms with E-state index in [0.29, 0.717) is 11.6 Å². The minimum atomic E-state index is -3.75. The number of amides is 1. The fourth-order valence-corrected chi connectivity index (χ4v) is 3.87. The van der Waals surface area contributed by atoms with E-state index >= 15 is 0 Å². The normalized spacial score (nSPS) is 13.0. The standard InChI is InChI=1S/C19H24ClN3O3S/c1-22(2)18(15-7-5-4-6-8-15)13-21-19(24)14-23(3)27(25,26)17-11-9-16(20)10-12-17/h4-12,18H,13-14H2,1-3H3,(H,21,24). The van der Waals surface area contributed by atoms with Crippen molar-refractivity contribution in [3.8, 4) is 0 Å². The Morgan fingerprint density at radius 2 is 1.63 bits per heavy atom. The van der Waals surface area contributed by atoms with Gasteiger partial charge in [0.15, 0.2) is 0 Å². The van der Waals surface area contributed by atoms with Crippen LogP contribution in [0.15, 0.2) is 59.5 Å². The van der Waals surface area contributed by atoms with Gasteiger partial charge in [-0.3, -0.25) is 4.79 Å². The summed E-state index contributed by atoms with van der Waals surface area (Å²) in [4.78, 5) is 14.4. The molecule has 2 aromatic rings. The summed E-state index contributed by atoms with van der Waals surface area (Å²) < 4.78 is 26.1. The number of benzene rings is 2. The lowest BCUT2D eigenvalue weighted by atomic mass is 10.1. The molecule has 27 heavy (non-hydrogen) atoms. The van der Waals surface area contributed by atoms with Gasteiger partial charge in [0.2, 0.25) is 15.9 Å². The Labute approximate surface area is 165 Å². The second-order valence-electron chi connectivity index (χ2n) is 6.41. The molecule has 0 aliphatic heterocycles. The van der Waals surface area contributed by atoms with Crippen molar-refractivity contribution in [2.24, 2.45) is 0 Å². The number of hydrogen-bond acceptors (Lipinski definition) is 4. The second kappa shape index (κ2) is 9.32. The zero-order valence-electron chi connectivity index (χ0n) is 15.6. The van der Waals surface area contributed by atoms with Crippen LogP contribution in [-0.4, -0.2) is 57.8 Å². The number of nitrogens with one attached hydrogen (secondary N) is 1. The molecular weight excluding hydrogens is 386 g/mol. The number of hydrogen-bond donors (Lipinski definition) is 1. The number of carbonyl (C=O) groups excluding carboxylic acids is 1. The maximum Gasteiger partial charge on any atom is 0.243 e. The van der Waals surface area contributed by atoms with E-state index in [1.54, 1.807) is 0 Å². The summed E-state index contributed by atoms with van der Waals surface area (Å²) in [5.41, 5.74) is 1.07. The van der Waals surface area contributed by atoms with Crippen LogP contribution in [0.1, 0.15) is 11.6 Å². The van der Waals surface area contributed by atoms with E-state index in [9.17, 15) is 13.2 Å². The molecule has 0 aliphatic carbocycles. The quantitative estimate of drug-likeness (QED) is 0.726. The van der Waals surface area contributed by atoms with Gasteiger partial charge in [-0.15, -0.1) is 0 Å². The molecule has 0 heterocycles. The lowest BCUT2D eigenvalue weighted by molar-refractivity contribution is -0.121. The topological polar surface area (TPSA) is 69.7 Å². The first kappa shape index (κ1) is 21.4. The smallest absolute Gasteiger partial charge is 0.243 e. The zero-order valence-corrected chi connectivity index (χ0v) is 17.2. The van der Waals surface area contributed by atoms with Crippen LogP contribution in [0.5, 0.6) is 0 Å². The van der Waals surface area contributed by atoms with Gasteiger partial charge in [0.25, 0.3) is 0 Å². The first-order valence-corrected chi connectivity index (χ1v) is 10.2. The molecule has 2 aromatic carbocycles. The van der Waals surface area contributed by atoms with Gasteiger partial charge in [-0.2, -0.15) is 4.31 Å². The molecule has 2 rings (SSSR count). The molecule has 8 heteroatoms. The lowest BCUT2D eigenvalue weighted by Gasteiger charge is -2.25. The van der Waals surface area contributed by atoms with Crippen molar-refractivity contribution in [1.29, 1.82) is 0 Å². The molecular formula is C19H24ClN3O3S. The number of nitrogens with zero attached hydrogens (tertiary/aromatic N) is 2. The molecule has 0 fully saturated rings. The molecule has 0 bridgehead atoms. The van der Waals surface area contributed by atoms with Crippen LogP contribution in [-0.2, 0) is 14.8 Å². The van der Waals surface area contributed by atoms with E-state index in [1.165, 1.54) is 31.3 Å². The predicted molar refractivity (Wildman–Crippen MR) is 107 cm³/mol. The third kappa shape index (κ3) is 5.77. The first-order valence-electron chi connectivity index (χ1n) is 8.42. The molecule has 0 saturated heterocycles. The number of sulfonamides is 1. The van der Waals surface area contributed by atoms with E-state index in [2.05, 4.69) is 5.32 Å². The van der Waals surface area contributed by atoms with Crippen LogP contribution in [0, 0.1) is 0 Å². The number of likely N-dealkylation sites (N-methyl/N-ethyl adjacent to an activating group) is 2. The van der Waals surface area contributed by atoms with Crippen LogP contribution < -0.4 is 5.32 Å². The summed E-state index contributed by atoms with van der Waals surface area (Å²) in [6.45, 7) is 0.116. The van der Waals surface area contributed by atoms with E-state index in [0.717, 1.165) is 9.87 Å². The van der Waals surface area contributed by atoms with Gasteiger partial charge in [0, 0.05) is 18.6 Å². The first-order chi connectivity index (χ1) is 12.7. The monoisotopic (exact) mass is 409 g/mol. The van der Waals surface area contributed by atoms with Crippen LogP contribution in [0.4, 0.5) is 0 Å². The van der Waals surface area contributed by atoms with E-state index in [1.807, 2.05) is 49.3 Å². The Bertz CT molecular complexity index is 856. The maximum atomic E-state index is 12.5. The third-order valence-electron chi connectivity index (χ3n) is 4.19. The molecule has 0 aliphatic rings. The van der Waals surface area contributed by atoms with Crippen LogP contribution >= 0.6 is 11.6 Å². The fraction of sp³-hybridized carbons (Fsp3) is 0.316. The molecule has 0 radical (unpaired) electrons. The predicted octanol–water partition coefficient (Wildman–Crippen LogP) is 2.38. The summed E-state index contributed by atoms with van der Waals surface area (Å²) >= 11 is 5.80. The highest BCUT2D eigenvalue weighted by Crippen LogP contribution is 2.18. The highest BCUT2D eigenvalue weighted by molar-refractivity contribution is 7.89. The SMILES string of the molecule is CN(C)C(CNC(=O)CN(C)S(=O)(=O)c1ccc(Cl)cc1)c1ccccc1. The van der Waals surface area contributed by atoms with Gasteiger partial charge in [-0.25, -0.2) is 8.42 Å². The molecule has 0 aromatic heterocycles. The highest BCUT2D eigenvalue weighted by Gasteiger charge is 2.23. The average Bonchev–Trinajstić information content (AvgIpc) is 2.62. The fourth-order valence-electron chi connectivity index (χ4n) is 2.61. The van der Waals surface area contributed by atoms with Crippen LogP contribution in [0.2, 0.25) is 5.02 Å². The van der Waals surface area contributed by atoms with Gasteiger partial charge in [-0.1, -0.05) is 41.9 Å². The van der Waals surface area contributed by atoms with Crippen molar-refractivity contribution >= 4 is 27.5 Å². The number of rotatable bonds is 8. The molecule has 1 amide bonds. The van der Waals surface area contributed by atoms with Gasteiger partial charge < -0.3 is 10.2 Å². The summed E-state index contributed by atoms with van der Waals surface area (Å²) in [6, 6.07) is 15.7. The average molecular weight is 410 g/mol. The molecule has 1 unspecified atom stereocenters. The summed E-state index contributed by atoms with van der Waals surface area (Å²) in [5, 5.41) is 3.27. The Kier molecular flexibility index (Phi) is 7.38. The van der Waals surface area contributed by atoms with E-state index in [4.69, 9.17) is 11.6 Å². The minimum Gasteiger partial charge on any atom is -0.353 e. The van der Waals surface area contributed by atoms with Crippen LogP contribution in [0.25, 0.3) is 0 Å². The van der Waals surface area contributed by atoms with Crippen molar-refractivity contribution in [3.05, 3.63) is 65.2 Å². The van der Waals surface area contributed by atoms with Gasteiger partial charge in [-0.05, 0) is 43.9 Å². The maximum absolute atomic E-state index is 12.5. The van der Waals surface area contributed by atoms with Crippen molar-refractivity contribution < 1.29 is 13.2 Å². The third-order valence-corrected chi connectivity index (χ3v) is 6.26. The van der Waals surface area contributed by atoms with Gasteiger partial charge >= 0.3 is 0 Å². The van der Waals surface area contributed by atoms with Crippen molar-refractivity contribution in [3.63, 3.8) is 0 Å². The van der Waals surface area contributed by atoms with Crippen molar-refractivity contribution in [2.45, 2.75) is 10.9 Å². The van der Waals surface area contributed by atoms with Crippen molar-refractivity contribution in [2.75, 3.05) is 34.2 Å².